The average Bonchev–Trinajstić information content (AvgIpc) is 2.75. The molecule has 0 aromatic heterocycles. The number of nitrogens with zero attached hydrogens (tertiary/aromatic N) is 1. The predicted molar refractivity (Wildman–Crippen MR) is 118 cm³/mol. The number of likely N-dealkylation sites (N-methyl/N-ethyl adjacent to an activating group) is 1. The van der Waals surface area contributed by atoms with Gasteiger partial charge in [-0.3, -0.25) is 14.4 Å². The molecule has 2 N–H and O–H groups in total. The number of amides is 2. The Morgan fingerprint density at radius 3 is 2.52 bits per heavy atom. The van der Waals surface area contributed by atoms with Crippen LogP contribution in [0.2, 0.25) is 0 Å². The van der Waals surface area contributed by atoms with Gasteiger partial charge < -0.3 is 15.4 Å². The first-order valence-corrected chi connectivity index (χ1v) is 9.91. The molecular weight excluding hydrogens is 394 g/mol. The van der Waals surface area contributed by atoms with Crippen LogP contribution >= 0.6 is 0 Å². The van der Waals surface area contributed by atoms with Gasteiger partial charge >= 0.3 is 0 Å². The van der Waals surface area contributed by atoms with E-state index in [-0.39, 0.29) is 29.2 Å². The summed E-state index contributed by atoms with van der Waals surface area (Å²) < 4.78 is 5.54. The van der Waals surface area contributed by atoms with E-state index in [1.54, 1.807) is 36.4 Å². The molecule has 0 bridgehead atoms. The summed E-state index contributed by atoms with van der Waals surface area (Å²) in [6, 6.07) is 13.5. The lowest BCUT2D eigenvalue weighted by atomic mass is 9.87. The highest BCUT2D eigenvalue weighted by Gasteiger charge is 2.26. The van der Waals surface area contributed by atoms with Gasteiger partial charge in [0, 0.05) is 7.05 Å². The van der Waals surface area contributed by atoms with Gasteiger partial charge in [-0.1, -0.05) is 45.0 Å². The van der Waals surface area contributed by atoms with E-state index in [0.717, 1.165) is 0 Å². The SMILES string of the molecule is CNC(=O)[C@H](CC(C)(C)C)NC(=O)COc1ccc(-c2ccccc2C#N)cc1C=O. The zero-order valence-corrected chi connectivity index (χ0v) is 18.2. The van der Waals surface area contributed by atoms with Crippen molar-refractivity contribution in [2.75, 3.05) is 13.7 Å². The van der Waals surface area contributed by atoms with Crippen molar-refractivity contribution < 1.29 is 19.1 Å². The molecule has 0 aliphatic rings. The molecule has 2 aromatic carbocycles. The van der Waals surface area contributed by atoms with Crippen LogP contribution in [0, 0.1) is 16.7 Å². The van der Waals surface area contributed by atoms with E-state index >= 15 is 0 Å². The van der Waals surface area contributed by atoms with E-state index in [2.05, 4.69) is 16.7 Å². The molecule has 7 nitrogen and oxygen atoms in total. The number of benzene rings is 2. The second-order valence-electron chi connectivity index (χ2n) is 8.32. The molecule has 0 fully saturated rings. The van der Waals surface area contributed by atoms with Crippen LogP contribution in [-0.2, 0) is 9.59 Å². The summed E-state index contributed by atoms with van der Waals surface area (Å²) >= 11 is 0. The van der Waals surface area contributed by atoms with E-state index in [0.29, 0.717) is 29.4 Å². The standard InChI is InChI=1S/C24H27N3O4/c1-24(2,3)12-20(23(30)26-4)27-22(29)15-31-21-10-9-16(11-18(21)14-28)19-8-6-5-7-17(19)13-25/h5-11,14,20H,12,15H2,1-4H3,(H,26,30)(H,27,29)/t20-/m0/s1. The van der Waals surface area contributed by atoms with E-state index in [1.165, 1.54) is 7.05 Å². The van der Waals surface area contributed by atoms with Crippen LogP contribution in [0.25, 0.3) is 11.1 Å². The van der Waals surface area contributed by atoms with Gasteiger partial charge in [0.15, 0.2) is 12.9 Å². The molecule has 1 atom stereocenters. The highest BCUT2D eigenvalue weighted by molar-refractivity contribution is 5.88. The maximum absolute atomic E-state index is 12.4. The number of hydrogen-bond donors (Lipinski definition) is 2. The zero-order chi connectivity index (χ0) is 23.0. The molecule has 2 rings (SSSR count). The van der Waals surface area contributed by atoms with Gasteiger partial charge in [0.2, 0.25) is 5.91 Å². The summed E-state index contributed by atoms with van der Waals surface area (Å²) in [4.78, 5) is 36.0. The molecule has 0 unspecified atom stereocenters. The fourth-order valence-electron chi connectivity index (χ4n) is 3.15. The molecule has 31 heavy (non-hydrogen) atoms. The molecule has 0 heterocycles. The Morgan fingerprint density at radius 2 is 1.90 bits per heavy atom. The van der Waals surface area contributed by atoms with Gasteiger partial charge in [-0.25, -0.2) is 0 Å². The van der Waals surface area contributed by atoms with Crippen molar-refractivity contribution in [2.45, 2.75) is 33.2 Å². The highest BCUT2D eigenvalue weighted by Crippen LogP contribution is 2.28. The van der Waals surface area contributed by atoms with Crippen molar-refractivity contribution in [3.63, 3.8) is 0 Å². The first-order valence-electron chi connectivity index (χ1n) is 9.91. The Balaban J connectivity index is 2.12. The summed E-state index contributed by atoms with van der Waals surface area (Å²) in [5.41, 5.74) is 1.99. The molecule has 0 spiro atoms. The van der Waals surface area contributed by atoms with Crippen molar-refractivity contribution in [1.29, 1.82) is 5.26 Å². The largest absolute Gasteiger partial charge is 0.483 e. The molecule has 2 amide bonds. The Labute approximate surface area is 182 Å². The summed E-state index contributed by atoms with van der Waals surface area (Å²) in [6.45, 7) is 5.60. The molecule has 0 aliphatic carbocycles. The Morgan fingerprint density at radius 1 is 1.19 bits per heavy atom. The van der Waals surface area contributed by atoms with Gasteiger partial charge in [0.05, 0.1) is 17.2 Å². The first kappa shape index (κ1) is 23.6. The quantitative estimate of drug-likeness (QED) is 0.637. The van der Waals surface area contributed by atoms with Crippen molar-refractivity contribution in [1.82, 2.24) is 10.6 Å². The minimum Gasteiger partial charge on any atom is -0.483 e. The summed E-state index contributed by atoms with van der Waals surface area (Å²) in [5, 5.41) is 14.5. The molecule has 0 aliphatic heterocycles. The normalized spacial score (nSPS) is 11.7. The minimum absolute atomic E-state index is 0.161. The van der Waals surface area contributed by atoms with Crippen LogP contribution in [0.4, 0.5) is 0 Å². The van der Waals surface area contributed by atoms with Crippen LogP contribution < -0.4 is 15.4 Å². The summed E-state index contributed by atoms with van der Waals surface area (Å²) in [6.07, 6.45) is 1.10. The van der Waals surface area contributed by atoms with Crippen molar-refractivity contribution in [2.24, 2.45) is 5.41 Å². The third kappa shape index (κ3) is 6.68. The Bertz CT molecular complexity index is 1000. The number of carbonyl (C=O) groups excluding carboxylic acids is 3. The number of rotatable bonds is 8. The fraction of sp³-hybridized carbons (Fsp3) is 0.333. The van der Waals surface area contributed by atoms with Crippen LogP contribution in [0.5, 0.6) is 5.75 Å². The first-order chi connectivity index (χ1) is 14.7. The molecule has 7 heteroatoms. The van der Waals surface area contributed by atoms with Crippen molar-refractivity contribution >= 4 is 18.1 Å². The fourth-order valence-corrected chi connectivity index (χ4v) is 3.15. The third-order valence-electron chi connectivity index (χ3n) is 4.57. The monoisotopic (exact) mass is 421 g/mol. The highest BCUT2D eigenvalue weighted by atomic mass is 16.5. The lowest BCUT2D eigenvalue weighted by Crippen LogP contribution is -2.48. The smallest absolute Gasteiger partial charge is 0.258 e. The summed E-state index contributed by atoms with van der Waals surface area (Å²) in [7, 11) is 1.52. The lowest BCUT2D eigenvalue weighted by molar-refractivity contribution is -0.130. The summed E-state index contributed by atoms with van der Waals surface area (Å²) in [5.74, 6) is -0.498. The van der Waals surface area contributed by atoms with E-state index in [4.69, 9.17) is 4.74 Å². The van der Waals surface area contributed by atoms with Crippen molar-refractivity contribution in [3.8, 4) is 22.9 Å². The molecular formula is C24H27N3O4. The third-order valence-corrected chi connectivity index (χ3v) is 4.57. The molecule has 162 valence electrons. The van der Waals surface area contributed by atoms with E-state index in [1.807, 2.05) is 26.8 Å². The Hall–Kier alpha value is -3.66. The molecule has 0 radical (unpaired) electrons. The maximum Gasteiger partial charge on any atom is 0.258 e. The van der Waals surface area contributed by atoms with Gasteiger partial charge in [-0.05, 0) is 41.2 Å². The minimum atomic E-state index is -0.684. The lowest BCUT2D eigenvalue weighted by Gasteiger charge is -2.25. The number of hydrogen-bond acceptors (Lipinski definition) is 5. The molecule has 2 aromatic rings. The zero-order valence-electron chi connectivity index (χ0n) is 18.2. The van der Waals surface area contributed by atoms with E-state index in [9.17, 15) is 19.6 Å². The number of carbonyl (C=O) groups is 3. The van der Waals surface area contributed by atoms with E-state index < -0.39 is 11.9 Å². The number of nitrogens with one attached hydrogen (secondary N) is 2. The van der Waals surface area contributed by atoms with Gasteiger partial charge in [-0.2, -0.15) is 5.26 Å². The second-order valence-corrected chi connectivity index (χ2v) is 8.32. The maximum atomic E-state index is 12.4. The predicted octanol–water partition coefficient (Wildman–Crippen LogP) is 3.08. The van der Waals surface area contributed by atoms with Gasteiger partial charge in [0.25, 0.3) is 5.91 Å². The topological polar surface area (TPSA) is 108 Å². The van der Waals surface area contributed by atoms with Crippen LogP contribution in [-0.4, -0.2) is 37.8 Å². The number of ether oxygens (including phenoxy) is 1. The van der Waals surface area contributed by atoms with Crippen LogP contribution in [0.15, 0.2) is 42.5 Å². The van der Waals surface area contributed by atoms with Gasteiger partial charge in [0.1, 0.15) is 11.8 Å². The van der Waals surface area contributed by atoms with Gasteiger partial charge in [-0.15, -0.1) is 0 Å². The van der Waals surface area contributed by atoms with Crippen LogP contribution in [0.1, 0.15) is 43.1 Å². The van der Waals surface area contributed by atoms with Crippen LogP contribution in [0.3, 0.4) is 0 Å². The number of aldehydes is 1. The second kappa shape index (κ2) is 10.4. The van der Waals surface area contributed by atoms with Crippen molar-refractivity contribution in [3.05, 3.63) is 53.6 Å². The number of nitriles is 1. The molecule has 0 saturated carbocycles. The average molecular weight is 421 g/mol. The molecule has 0 saturated heterocycles. The Kier molecular flexibility index (Phi) is 7.92.